The van der Waals surface area contributed by atoms with Crippen molar-refractivity contribution in [3.8, 4) is 0 Å². The number of hydrogen-bond donors (Lipinski definition) is 0. The van der Waals surface area contributed by atoms with E-state index < -0.39 is 0 Å². The standard InChI is InChI=1S/C13H15FO/c1-2-13-9-11(7-8-15-13)10-3-5-12(14)6-4-10/h3-7,13H,2,8-9H2,1H3/t13-/m0/s1. The Labute approximate surface area is 89.6 Å². The van der Waals surface area contributed by atoms with Crippen LogP contribution in [0.15, 0.2) is 30.3 Å². The molecule has 0 fully saturated rings. The Morgan fingerprint density at radius 3 is 2.73 bits per heavy atom. The van der Waals surface area contributed by atoms with Crippen molar-refractivity contribution in [2.75, 3.05) is 6.61 Å². The maximum absolute atomic E-state index is 12.8. The first-order valence-electron chi connectivity index (χ1n) is 5.36. The van der Waals surface area contributed by atoms with Gasteiger partial charge in [-0.05, 0) is 36.1 Å². The Morgan fingerprint density at radius 2 is 2.07 bits per heavy atom. The zero-order chi connectivity index (χ0) is 10.7. The molecule has 2 rings (SSSR count). The van der Waals surface area contributed by atoms with Crippen LogP contribution >= 0.6 is 0 Å². The second kappa shape index (κ2) is 4.58. The van der Waals surface area contributed by atoms with Crippen molar-refractivity contribution in [1.82, 2.24) is 0 Å². The van der Waals surface area contributed by atoms with Crippen LogP contribution in [-0.4, -0.2) is 12.7 Å². The van der Waals surface area contributed by atoms with Gasteiger partial charge in [-0.15, -0.1) is 0 Å². The molecule has 0 aliphatic carbocycles. The van der Waals surface area contributed by atoms with Crippen LogP contribution in [-0.2, 0) is 4.74 Å². The third kappa shape index (κ3) is 2.45. The van der Waals surface area contributed by atoms with Crippen LogP contribution in [0, 0.1) is 5.82 Å². The molecule has 2 heteroatoms. The molecule has 0 saturated heterocycles. The van der Waals surface area contributed by atoms with Crippen LogP contribution in [0.5, 0.6) is 0 Å². The zero-order valence-electron chi connectivity index (χ0n) is 8.87. The van der Waals surface area contributed by atoms with Crippen molar-refractivity contribution in [3.05, 3.63) is 41.7 Å². The van der Waals surface area contributed by atoms with Crippen LogP contribution in [0.2, 0.25) is 0 Å². The fourth-order valence-corrected chi connectivity index (χ4v) is 1.83. The zero-order valence-corrected chi connectivity index (χ0v) is 8.87. The van der Waals surface area contributed by atoms with Crippen LogP contribution in [0.3, 0.4) is 0 Å². The highest BCUT2D eigenvalue weighted by molar-refractivity contribution is 5.66. The largest absolute Gasteiger partial charge is 0.374 e. The van der Waals surface area contributed by atoms with E-state index in [1.807, 2.05) is 12.1 Å². The van der Waals surface area contributed by atoms with E-state index in [9.17, 15) is 4.39 Å². The molecule has 0 spiro atoms. The molecule has 0 radical (unpaired) electrons. The minimum atomic E-state index is -0.182. The average molecular weight is 206 g/mol. The smallest absolute Gasteiger partial charge is 0.123 e. The average Bonchev–Trinajstić information content (AvgIpc) is 2.30. The summed E-state index contributed by atoms with van der Waals surface area (Å²) in [6.07, 6.45) is 4.36. The lowest BCUT2D eigenvalue weighted by atomic mass is 9.97. The first-order chi connectivity index (χ1) is 7.29. The first-order valence-corrected chi connectivity index (χ1v) is 5.36. The van der Waals surface area contributed by atoms with Gasteiger partial charge in [-0.25, -0.2) is 4.39 Å². The first kappa shape index (κ1) is 10.4. The van der Waals surface area contributed by atoms with E-state index in [2.05, 4.69) is 13.0 Å². The molecule has 0 bridgehead atoms. The van der Waals surface area contributed by atoms with E-state index in [-0.39, 0.29) is 5.82 Å². The predicted molar refractivity (Wildman–Crippen MR) is 59.0 cm³/mol. The maximum Gasteiger partial charge on any atom is 0.123 e. The summed E-state index contributed by atoms with van der Waals surface area (Å²) >= 11 is 0. The molecule has 0 amide bonds. The maximum atomic E-state index is 12.8. The van der Waals surface area contributed by atoms with Gasteiger partial charge in [-0.2, -0.15) is 0 Å². The second-order valence-electron chi connectivity index (χ2n) is 3.80. The predicted octanol–water partition coefficient (Wildman–Crippen LogP) is 3.41. The third-order valence-electron chi connectivity index (χ3n) is 2.78. The topological polar surface area (TPSA) is 9.23 Å². The summed E-state index contributed by atoms with van der Waals surface area (Å²) in [6.45, 7) is 2.80. The van der Waals surface area contributed by atoms with Gasteiger partial charge in [0.15, 0.2) is 0 Å². The van der Waals surface area contributed by atoms with Gasteiger partial charge in [0.1, 0.15) is 5.82 Å². The van der Waals surface area contributed by atoms with E-state index >= 15 is 0 Å². The lowest BCUT2D eigenvalue weighted by molar-refractivity contribution is 0.0684. The van der Waals surface area contributed by atoms with Crippen molar-refractivity contribution >= 4 is 5.57 Å². The Balaban J connectivity index is 2.17. The van der Waals surface area contributed by atoms with E-state index in [4.69, 9.17) is 4.74 Å². The fourth-order valence-electron chi connectivity index (χ4n) is 1.83. The van der Waals surface area contributed by atoms with E-state index in [1.54, 1.807) is 0 Å². The molecule has 1 aromatic carbocycles. The van der Waals surface area contributed by atoms with Gasteiger partial charge in [0.2, 0.25) is 0 Å². The van der Waals surface area contributed by atoms with Gasteiger partial charge in [0.05, 0.1) is 12.7 Å². The van der Waals surface area contributed by atoms with Crippen molar-refractivity contribution in [2.24, 2.45) is 0 Å². The molecule has 0 unspecified atom stereocenters. The molecule has 1 aliphatic heterocycles. The summed E-state index contributed by atoms with van der Waals surface area (Å²) in [5.41, 5.74) is 2.38. The third-order valence-corrected chi connectivity index (χ3v) is 2.78. The number of rotatable bonds is 2. The van der Waals surface area contributed by atoms with Crippen LogP contribution < -0.4 is 0 Å². The molecule has 1 aliphatic rings. The van der Waals surface area contributed by atoms with Gasteiger partial charge >= 0.3 is 0 Å². The highest BCUT2D eigenvalue weighted by Gasteiger charge is 2.15. The van der Waals surface area contributed by atoms with Crippen molar-refractivity contribution in [2.45, 2.75) is 25.9 Å². The summed E-state index contributed by atoms with van der Waals surface area (Å²) in [5, 5.41) is 0. The number of ether oxygens (including phenoxy) is 1. The van der Waals surface area contributed by atoms with Crippen molar-refractivity contribution in [1.29, 1.82) is 0 Å². The number of benzene rings is 1. The van der Waals surface area contributed by atoms with E-state index in [1.165, 1.54) is 17.7 Å². The molecule has 80 valence electrons. The van der Waals surface area contributed by atoms with Gasteiger partial charge in [0, 0.05) is 0 Å². The molecule has 1 nitrogen and oxygen atoms in total. The molecule has 0 N–H and O–H groups in total. The SMILES string of the molecule is CC[C@H]1CC(c2ccc(F)cc2)=CCO1. The number of halogens is 1. The van der Waals surface area contributed by atoms with E-state index in [0.29, 0.717) is 12.7 Å². The lowest BCUT2D eigenvalue weighted by Gasteiger charge is -2.22. The van der Waals surface area contributed by atoms with Crippen molar-refractivity contribution in [3.63, 3.8) is 0 Å². The fraction of sp³-hybridized carbons (Fsp3) is 0.385. The summed E-state index contributed by atoms with van der Waals surface area (Å²) in [5.74, 6) is -0.182. The quantitative estimate of drug-likeness (QED) is 0.720. The normalized spacial score (nSPS) is 21.2. The Bertz CT molecular complexity index is 353. The Hall–Kier alpha value is -1.15. The molecular formula is C13H15FO. The second-order valence-corrected chi connectivity index (χ2v) is 3.80. The van der Waals surface area contributed by atoms with Gasteiger partial charge in [-0.1, -0.05) is 25.1 Å². The Morgan fingerprint density at radius 1 is 1.33 bits per heavy atom. The summed E-state index contributed by atoms with van der Waals surface area (Å²) in [6, 6.07) is 6.68. The molecule has 1 heterocycles. The van der Waals surface area contributed by atoms with Gasteiger partial charge < -0.3 is 4.74 Å². The summed E-state index contributed by atoms with van der Waals surface area (Å²) < 4.78 is 18.3. The van der Waals surface area contributed by atoms with Crippen LogP contribution in [0.25, 0.3) is 5.57 Å². The highest BCUT2D eigenvalue weighted by atomic mass is 19.1. The molecule has 15 heavy (non-hydrogen) atoms. The monoisotopic (exact) mass is 206 g/mol. The number of hydrogen-bond acceptors (Lipinski definition) is 1. The van der Waals surface area contributed by atoms with Gasteiger partial charge in [-0.3, -0.25) is 0 Å². The minimum absolute atomic E-state index is 0.182. The van der Waals surface area contributed by atoms with Crippen molar-refractivity contribution < 1.29 is 9.13 Å². The van der Waals surface area contributed by atoms with Crippen LogP contribution in [0.4, 0.5) is 4.39 Å². The lowest BCUT2D eigenvalue weighted by Crippen LogP contribution is -2.17. The van der Waals surface area contributed by atoms with E-state index in [0.717, 1.165) is 18.4 Å². The highest BCUT2D eigenvalue weighted by Crippen LogP contribution is 2.26. The molecular weight excluding hydrogens is 191 g/mol. The summed E-state index contributed by atoms with van der Waals surface area (Å²) in [4.78, 5) is 0. The molecule has 0 saturated carbocycles. The minimum Gasteiger partial charge on any atom is -0.374 e. The summed E-state index contributed by atoms with van der Waals surface area (Å²) in [7, 11) is 0. The molecule has 1 atom stereocenters. The molecule has 0 aromatic heterocycles. The molecule has 1 aromatic rings. The van der Waals surface area contributed by atoms with Gasteiger partial charge in [0.25, 0.3) is 0 Å². The van der Waals surface area contributed by atoms with Crippen LogP contribution in [0.1, 0.15) is 25.3 Å². The Kier molecular flexibility index (Phi) is 3.17.